The first-order valence-electron chi connectivity index (χ1n) is 12.4. The second-order valence-electron chi connectivity index (χ2n) is 8.25. The molecule has 1 N–H and O–H groups in total. The smallest absolute Gasteiger partial charge is 0.306 e. The molecule has 0 aliphatic carbocycles. The number of alkyl halides is 1. The van der Waals surface area contributed by atoms with Gasteiger partial charge in [-0.15, -0.1) is 0 Å². The molecule has 170 valence electrons. The lowest BCUT2D eigenvalue weighted by molar-refractivity contribution is -0.142. The summed E-state index contributed by atoms with van der Waals surface area (Å²) >= 11 is 3.35. The van der Waals surface area contributed by atoms with Crippen LogP contribution in [-0.4, -0.2) is 16.4 Å². The van der Waals surface area contributed by atoms with Gasteiger partial charge in [-0.1, -0.05) is 139 Å². The molecule has 0 aromatic carbocycles. The first-order chi connectivity index (χ1) is 13.6. The Kier molecular flexibility index (Phi) is 29.0. The number of carboxylic acids is 1. The van der Waals surface area contributed by atoms with Crippen molar-refractivity contribution in [3.63, 3.8) is 0 Å². The van der Waals surface area contributed by atoms with Gasteiger partial charge in [0.05, 0.1) is 5.92 Å². The van der Waals surface area contributed by atoms with Crippen LogP contribution in [0.2, 0.25) is 0 Å². The van der Waals surface area contributed by atoms with Gasteiger partial charge in [-0.25, -0.2) is 0 Å². The number of hydrogen-bond donors (Lipinski definition) is 1. The fourth-order valence-electron chi connectivity index (χ4n) is 3.43. The average molecular weight is 464 g/mol. The third kappa shape index (κ3) is 26.0. The molecule has 0 saturated heterocycles. The summed E-state index contributed by atoms with van der Waals surface area (Å²) in [4.78, 5) is 11.3. The molecular formula is C25H51BrO2. The Bertz CT molecular complexity index is 290. The van der Waals surface area contributed by atoms with Gasteiger partial charge >= 0.3 is 5.97 Å². The molecule has 0 radical (unpaired) electrons. The van der Waals surface area contributed by atoms with Crippen molar-refractivity contribution < 1.29 is 9.90 Å². The SMILES string of the molecule is CCCCCBr.CCCCCCCCCCC(CCCCCCCC)C(=O)O. The summed E-state index contributed by atoms with van der Waals surface area (Å²) in [7, 11) is 0. The van der Waals surface area contributed by atoms with Crippen LogP contribution >= 0.6 is 15.9 Å². The third-order valence-electron chi connectivity index (χ3n) is 5.40. The van der Waals surface area contributed by atoms with Crippen LogP contribution in [-0.2, 0) is 4.79 Å². The average Bonchev–Trinajstić information content (AvgIpc) is 2.69. The maximum atomic E-state index is 11.3. The van der Waals surface area contributed by atoms with Crippen molar-refractivity contribution in [3.8, 4) is 0 Å². The van der Waals surface area contributed by atoms with E-state index in [0.29, 0.717) is 0 Å². The Morgan fingerprint density at radius 1 is 0.607 bits per heavy atom. The van der Waals surface area contributed by atoms with E-state index in [0.717, 1.165) is 25.7 Å². The van der Waals surface area contributed by atoms with Crippen LogP contribution in [0.5, 0.6) is 0 Å². The van der Waals surface area contributed by atoms with Crippen molar-refractivity contribution in [1.82, 2.24) is 0 Å². The number of rotatable bonds is 20. The van der Waals surface area contributed by atoms with Gasteiger partial charge in [0, 0.05) is 5.33 Å². The first kappa shape index (κ1) is 30.1. The highest BCUT2D eigenvalue weighted by Crippen LogP contribution is 2.19. The van der Waals surface area contributed by atoms with Crippen LogP contribution < -0.4 is 0 Å². The zero-order valence-electron chi connectivity index (χ0n) is 19.5. The summed E-state index contributed by atoms with van der Waals surface area (Å²) < 4.78 is 0. The van der Waals surface area contributed by atoms with Crippen LogP contribution in [0.4, 0.5) is 0 Å². The fraction of sp³-hybridized carbons (Fsp3) is 0.960. The predicted octanol–water partition coefficient (Wildman–Crippen LogP) is 9.54. The molecule has 0 fully saturated rings. The second kappa shape index (κ2) is 27.0. The second-order valence-corrected chi connectivity index (χ2v) is 9.04. The largest absolute Gasteiger partial charge is 0.481 e. The van der Waals surface area contributed by atoms with E-state index in [4.69, 9.17) is 0 Å². The van der Waals surface area contributed by atoms with E-state index in [1.807, 2.05) is 0 Å². The molecule has 0 aromatic rings. The molecule has 1 atom stereocenters. The maximum Gasteiger partial charge on any atom is 0.306 e. The number of carbonyl (C=O) groups is 1. The van der Waals surface area contributed by atoms with E-state index >= 15 is 0 Å². The van der Waals surface area contributed by atoms with Crippen LogP contribution in [0.15, 0.2) is 0 Å². The van der Waals surface area contributed by atoms with Crippen LogP contribution in [0, 0.1) is 5.92 Å². The molecule has 0 spiro atoms. The molecule has 0 saturated carbocycles. The van der Waals surface area contributed by atoms with Crippen molar-refractivity contribution in [2.45, 2.75) is 143 Å². The molecule has 1 unspecified atom stereocenters. The summed E-state index contributed by atoms with van der Waals surface area (Å²) in [6.45, 7) is 6.68. The minimum absolute atomic E-state index is 0.0914. The van der Waals surface area contributed by atoms with Gasteiger partial charge in [0.2, 0.25) is 0 Å². The van der Waals surface area contributed by atoms with Crippen LogP contribution in [0.25, 0.3) is 0 Å². The van der Waals surface area contributed by atoms with Gasteiger partial charge in [-0.2, -0.15) is 0 Å². The number of hydrogen-bond acceptors (Lipinski definition) is 1. The van der Waals surface area contributed by atoms with E-state index in [2.05, 4.69) is 36.7 Å². The van der Waals surface area contributed by atoms with Crippen molar-refractivity contribution >= 4 is 21.9 Å². The van der Waals surface area contributed by atoms with E-state index in [1.54, 1.807) is 0 Å². The van der Waals surface area contributed by atoms with Gasteiger partial charge in [0.25, 0.3) is 0 Å². The number of aliphatic carboxylic acids is 1. The van der Waals surface area contributed by atoms with Crippen LogP contribution in [0.1, 0.15) is 143 Å². The summed E-state index contributed by atoms with van der Waals surface area (Å²) in [5, 5.41) is 10.5. The maximum absolute atomic E-state index is 11.3. The van der Waals surface area contributed by atoms with Crippen LogP contribution in [0.3, 0.4) is 0 Å². The molecule has 0 heterocycles. The Labute approximate surface area is 185 Å². The predicted molar refractivity (Wildman–Crippen MR) is 130 cm³/mol. The van der Waals surface area contributed by atoms with Gasteiger partial charge < -0.3 is 5.11 Å². The summed E-state index contributed by atoms with van der Waals surface area (Å²) in [6.07, 6.45) is 23.6. The quantitative estimate of drug-likeness (QED) is 0.144. The van der Waals surface area contributed by atoms with Gasteiger partial charge in [0.1, 0.15) is 0 Å². The number of unbranched alkanes of at least 4 members (excludes halogenated alkanes) is 14. The lowest BCUT2D eigenvalue weighted by atomic mass is 9.94. The number of halogens is 1. The lowest BCUT2D eigenvalue weighted by Gasteiger charge is -2.12. The molecule has 3 heteroatoms. The van der Waals surface area contributed by atoms with E-state index in [1.165, 1.54) is 102 Å². The minimum Gasteiger partial charge on any atom is -0.481 e. The zero-order chi connectivity index (χ0) is 21.3. The Morgan fingerprint density at radius 2 is 0.929 bits per heavy atom. The van der Waals surface area contributed by atoms with E-state index in [-0.39, 0.29) is 5.92 Å². The molecule has 0 aliphatic heterocycles. The topological polar surface area (TPSA) is 37.3 Å². The molecule has 0 amide bonds. The summed E-state index contributed by atoms with van der Waals surface area (Å²) in [5.41, 5.74) is 0. The molecule has 0 bridgehead atoms. The Balaban J connectivity index is 0. The lowest BCUT2D eigenvalue weighted by Crippen LogP contribution is -2.13. The third-order valence-corrected chi connectivity index (χ3v) is 5.96. The van der Waals surface area contributed by atoms with Gasteiger partial charge in [-0.3, -0.25) is 4.79 Å². The van der Waals surface area contributed by atoms with Gasteiger partial charge in [0.15, 0.2) is 0 Å². The normalized spacial score (nSPS) is 11.7. The Hall–Kier alpha value is -0.0500. The molecule has 28 heavy (non-hydrogen) atoms. The summed E-state index contributed by atoms with van der Waals surface area (Å²) in [6, 6.07) is 0. The highest BCUT2D eigenvalue weighted by Gasteiger charge is 2.16. The van der Waals surface area contributed by atoms with E-state index < -0.39 is 5.97 Å². The molecule has 0 rings (SSSR count). The molecule has 0 aliphatic rings. The van der Waals surface area contributed by atoms with E-state index in [9.17, 15) is 9.90 Å². The Morgan fingerprint density at radius 3 is 1.21 bits per heavy atom. The highest BCUT2D eigenvalue weighted by atomic mass is 79.9. The van der Waals surface area contributed by atoms with Crippen molar-refractivity contribution in [1.29, 1.82) is 0 Å². The monoisotopic (exact) mass is 462 g/mol. The van der Waals surface area contributed by atoms with Crippen molar-refractivity contribution in [2.24, 2.45) is 5.92 Å². The minimum atomic E-state index is -0.573. The molecular weight excluding hydrogens is 412 g/mol. The molecule has 0 aromatic heterocycles. The van der Waals surface area contributed by atoms with Crippen molar-refractivity contribution in [2.75, 3.05) is 5.33 Å². The van der Waals surface area contributed by atoms with Gasteiger partial charge in [-0.05, 0) is 19.3 Å². The number of carboxylic acid groups (broad SMARTS) is 1. The fourth-order valence-corrected chi connectivity index (χ4v) is 3.83. The molecule has 2 nitrogen and oxygen atoms in total. The standard InChI is InChI=1S/C20H40O2.C5H11Br/c1-3-5-7-9-11-12-14-16-18-19(20(21)22)17-15-13-10-8-6-4-2;1-2-3-4-5-6/h19H,3-18H2,1-2H3,(H,21,22);2-5H2,1H3. The van der Waals surface area contributed by atoms with Crippen molar-refractivity contribution in [3.05, 3.63) is 0 Å². The summed E-state index contributed by atoms with van der Waals surface area (Å²) in [5.74, 6) is -0.664. The highest BCUT2D eigenvalue weighted by molar-refractivity contribution is 9.09. The zero-order valence-corrected chi connectivity index (χ0v) is 21.0. The first-order valence-corrected chi connectivity index (χ1v) is 13.5.